The Hall–Kier alpha value is -1.05. The Kier molecular flexibility index (Phi) is 4.95. The zero-order valence-corrected chi connectivity index (χ0v) is 13.5. The molecule has 1 fully saturated rings. The molecule has 2 N–H and O–H groups in total. The SMILES string of the molecule is CCC1CCCCN1S(=O)(=O)c1ccc(F)c(C(N)=S)c1. The summed E-state index contributed by atoms with van der Waals surface area (Å²) >= 11 is 4.76. The Morgan fingerprint density at radius 3 is 2.81 bits per heavy atom. The number of thiocarbonyl (C=S) groups is 1. The lowest BCUT2D eigenvalue weighted by Gasteiger charge is -2.34. The van der Waals surface area contributed by atoms with Gasteiger partial charge in [-0.1, -0.05) is 25.6 Å². The number of nitrogens with two attached hydrogens (primary N) is 1. The minimum absolute atomic E-state index is 0.00193. The van der Waals surface area contributed by atoms with Crippen LogP contribution in [0, 0.1) is 5.82 Å². The Labute approximate surface area is 130 Å². The van der Waals surface area contributed by atoms with Crippen LogP contribution in [0.15, 0.2) is 23.1 Å². The number of halogens is 1. The first-order valence-electron chi connectivity index (χ1n) is 6.99. The number of hydrogen-bond donors (Lipinski definition) is 1. The summed E-state index contributed by atoms with van der Waals surface area (Å²) < 4.78 is 40.7. The molecule has 1 aromatic carbocycles. The molecule has 1 unspecified atom stereocenters. The lowest BCUT2D eigenvalue weighted by molar-refractivity contribution is 0.246. The molecule has 0 aliphatic carbocycles. The quantitative estimate of drug-likeness (QED) is 0.861. The van der Waals surface area contributed by atoms with Gasteiger partial charge in [0.1, 0.15) is 10.8 Å². The van der Waals surface area contributed by atoms with E-state index in [2.05, 4.69) is 0 Å². The number of rotatable bonds is 4. The lowest BCUT2D eigenvalue weighted by atomic mass is 10.0. The van der Waals surface area contributed by atoms with Crippen molar-refractivity contribution in [3.63, 3.8) is 0 Å². The Morgan fingerprint density at radius 2 is 2.19 bits per heavy atom. The Morgan fingerprint density at radius 1 is 1.48 bits per heavy atom. The predicted molar refractivity (Wildman–Crippen MR) is 84.1 cm³/mol. The van der Waals surface area contributed by atoms with Crippen molar-refractivity contribution >= 4 is 27.2 Å². The molecule has 0 aromatic heterocycles. The fraction of sp³-hybridized carbons (Fsp3) is 0.500. The van der Waals surface area contributed by atoms with Gasteiger partial charge in [-0.25, -0.2) is 12.8 Å². The van der Waals surface area contributed by atoms with E-state index in [0.717, 1.165) is 31.7 Å². The van der Waals surface area contributed by atoms with Crippen LogP contribution in [0.5, 0.6) is 0 Å². The summed E-state index contributed by atoms with van der Waals surface area (Å²) in [7, 11) is -3.64. The van der Waals surface area contributed by atoms with Crippen LogP contribution in [0.2, 0.25) is 0 Å². The van der Waals surface area contributed by atoms with E-state index < -0.39 is 15.8 Å². The first-order valence-corrected chi connectivity index (χ1v) is 8.84. The van der Waals surface area contributed by atoms with E-state index in [1.165, 1.54) is 16.4 Å². The number of piperidine rings is 1. The second-order valence-corrected chi connectivity index (χ2v) is 7.51. The van der Waals surface area contributed by atoms with Crippen molar-refractivity contribution in [3.8, 4) is 0 Å². The molecule has 2 rings (SSSR count). The number of benzene rings is 1. The maximum atomic E-state index is 13.6. The van der Waals surface area contributed by atoms with Crippen molar-refractivity contribution in [2.45, 2.75) is 43.5 Å². The lowest BCUT2D eigenvalue weighted by Crippen LogP contribution is -2.43. The van der Waals surface area contributed by atoms with Crippen molar-refractivity contribution in [1.29, 1.82) is 0 Å². The molecule has 0 spiro atoms. The summed E-state index contributed by atoms with van der Waals surface area (Å²) in [5.41, 5.74) is 5.41. The summed E-state index contributed by atoms with van der Waals surface area (Å²) in [6.45, 7) is 2.48. The highest BCUT2D eigenvalue weighted by Gasteiger charge is 2.32. The van der Waals surface area contributed by atoms with Crippen LogP contribution in [0.4, 0.5) is 4.39 Å². The molecule has 7 heteroatoms. The highest BCUT2D eigenvalue weighted by molar-refractivity contribution is 7.89. The van der Waals surface area contributed by atoms with Crippen molar-refractivity contribution in [1.82, 2.24) is 4.31 Å². The first kappa shape index (κ1) is 16.3. The van der Waals surface area contributed by atoms with Gasteiger partial charge in [0.2, 0.25) is 10.0 Å². The highest BCUT2D eigenvalue weighted by Crippen LogP contribution is 2.27. The molecule has 0 saturated carbocycles. The molecule has 116 valence electrons. The molecule has 1 aromatic rings. The average molecular weight is 330 g/mol. The maximum absolute atomic E-state index is 13.6. The summed E-state index contributed by atoms with van der Waals surface area (Å²) in [6.07, 6.45) is 3.51. The molecule has 4 nitrogen and oxygen atoms in total. The highest BCUT2D eigenvalue weighted by atomic mass is 32.2. The van der Waals surface area contributed by atoms with E-state index in [0.29, 0.717) is 6.54 Å². The minimum atomic E-state index is -3.64. The number of nitrogens with zero attached hydrogens (tertiary/aromatic N) is 1. The molecule has 0 bridgehead atoms. The van der Waals surface area contributed by atoms with Gasteiger partial charge in [-0.2, -0.15) is 4.31 Å². The molecular weight excluding hydrogens is 311 g/mol. The summed E-state index contributed by atoms with van der Waals surface area (Å²) in [6, 6.07) is 3.61. The van der Waals surface area contributed by atoms with E-state index in [9.17, 15) is 12.8 Å². The Bertz CT molecular complexity index is 646. The van der Waals surface area contributed by atoms with Gasteiger partial charge < -0.3 is 5.73 Å². The summed E-state index contributed by atoms with van der Waals surface area (Å²) in [4.78, 5) is -0.0951. The van der Waals surface area contributed by atoms with Gasteiger partial charge in [0.05, 0.1) is 4.90 Å². The predicted octanol–water partition coefficient (Wildman–Crippen LogP) is 2.41. The molecule has 1 aliphatic rings. The van der Waals surface area contributed by atoms with Crippen molar-refractivity contribution in [2.24, 2.45) is 5.73 Å². The van der Waals surface area contributed by atoms with E-state index in [1.54, 1.807) is 0 Å². The van der Waals surface area contributed by atoms with Gasteiger partial charge in [-0.3, -0.25) is 0 Å². The van der Waals surface area contributed by atoms with Crippen LogP contribution >= 0.6 is 12.2 Å². The van der Waals surface area contributed by atoms with E-state index in [1.807, 2.05) is 6.92 Å². The number of hydrogen-bond acceptors (Lipinski definition) is 3. The summed E-state index contributed by atoms with van der Waals surface area (Å²) in [5, 5.41) is 0. The molecule has 21 heavy (non-hydrogen) atoms. The third kappa shape index (κ3) is 3.25. The van der Waals surface area contributed by atoms with Crippen molar-refractivity contribution in [3.05, 3.63) is 29.6 Å². The fourth-order valence-electron chi connectivity index (χ4n) is 2.69. The maximum Gasteiger partial charge on any atom is 0.243 e. The van der Waals surface area contributed by atoms with E-state index >= 15 is 0 Å². The van der Waals surface area contributed by atoms with Gasteiger partial charge >= 0.3 is 0 Å². The van der Waals surface area contributed by atoms with Crippen molar-refractivity contribution < 1.29 is 12.8 Å². The molecule has 0 amide bonds. The van der Waals surface area contributed by atoms with Crippen LogP contribution in [0.1, 0.15) is 38.2 Å². The minimum Gasteiger partial charge on any atom is -0.389 e. The number of sulfonamides is 1. The van der Waals surface area contributed by atoms with Gasteiger partial charge in [0.25, 0.3) is 0 Å². The smallest absolute Gasteiger partial charge is 0.243 e. The molecular formula is C14H19FN2O2S2. The second kappa shape index (κ2) is 6.37. The third-order valence-electron chi connectivity index (χ3n) is 3.85. The van der Waals surface area contributed by atoms with Gasteiger partial charge in [-0.05, 0) is 37.5 Å². The summed E-state index contributed by atoms with van der Waals surface area (Å²) in [5.74, 6) is -0.605. The molecule has 1 aliphatic heterocycles. The normalized spacial score (nSPS) is 20.4. The van der Waals surface area contributed by atoms with Crippen molar-refractivity contribution in [2.75, 3.05) is 6.54 Å². The zero-order valence-electron chi connectivity index (χ0n) is 11.9. The Balaban J connectivity index is 2.43. The van der Waals surface area contributed by atoms with Gasteiger partial charge in [0.15, 0.2) is 0 Å². The average Bonchev–Trinajstić information content (AvgIpc) is 2.47. The van der Waals surface area contributed by atoms with Crippen LogP contribution in [-0.2, 0) is 10.0 Å². The van der Waals surface area contributed by atoms with Crippen LogP contribution in [0.25, 0.3) is 0 Å². The van der Waals surface area contributed by atoms with Crippen LogP contribution < -0.4 is 5.73 Å². The molecule has 1 atom stereocenters. The zero-order chi connectivity index (χ0) is 15.6. The topological polar surface area (TPSA) is 63.4 Å². The van der Waals surface area contributed by atoms with E-state index in [-0.39, 0.29) is 21.5 Å². The van der Waals surface area contributed by atoms with E-state index in [4.69, 9.17) is 18.0 Å². The van der Waals surface area contributed by atoms with Gasteiger partial charge in [-0.15, -0.1) is 0 Å². The molecule has 0 radical (unpaired) electrons. The standard InChI is InChI=1S/C14H19FN2O2S2/c1-2-10-5-3-4-8-17(10)21(18,19)11-6-7-13(15)12(9-11)14(16)20/h6-7,9-10H,2-5,8H2,1H3,(H2,16,20). The van der Waals surface area contributed by atoms with Crippen LogP contribution in [-0.4, -0.2) is 30.3 Å². The third-order valence-corrected chi connectivity index (χ3v) is 6.02. The second-order valence-electron chi connectivity index (χ2n) is 5.18. The molecule has 1 heterocycles. The van der Waals surface area contributed by atoms with Crippen LogP contribution in [0.3, 0.4) is 0 Å². The first-order chi connectivity index (χ1) is 9.87. The molecule has 1 saturated heterocycles. The van der Waals surface area contributed by atoms with Gasteiger partial charge in [0, 0.05) is 18.2 Å². The largest absolute Gasteiger partial charge is 0.389 e. The monoisotopic (exact) mass is 330 g/mol. The fourth-order valence-corrected chi connectivity index (χ4v) is 4.64.